The van der Waals surface area contributed by atoms with Gasteiger partial charge in [0.1, 0.15) is 11.7 Å². The number of nitrogens with two attached hydrogens (primary N) is 1. The smallest absolute Gasteiger partial charge is 0.369 e. The number of anilines is 1. The summed E-state index contributed by atoms with van der Waals surface area (Å²) in [6.45, 7) is -0.0568. The number of para-hydroxylation sites is 1. The van der Waals surface area contributed by atoms with Gasteiger partial charge in [-0.1, -0.05) is 24.3 Å². The van der Waals surface area contributed by atoms with Gasteiger partial charge in [0, 0.05) is 12.5 Å². The van der Waals surface area contributed by atoms with Gasteiger partial charge in [0.15, 0.2) is 0 Å². The van der Waals surface area contributed by atoms with Crippen molar-refractivity contribution in [3.63, 3.8) is 0 Å². The molecule has 2 atom stereocenters. The zero-order valence-corrected chi connectivity index (χ0v) is 13.3. The number of primary amides is 1. The van der Waals surface area contributed by atoms with Gasteiger partial charge in [0.05, 0.1) is 11.3 Å². The Labute approximate surface area is 146 Å². The lowest BCUT2D eigenvalue weighted by Crippen LogP contribution is -2.34. The summed E-state index contributed by atoms with van der Waals surface area (Å²) in [5.41, 5.74) is 4.85. The molecule has 0 saturated carbocycles. The normalized spacial score (nSPS) is 20.5. The Morgan fingerprint density at radius 3 is 2.23 bits per heavy atom. The van der Waals surface area contributed by atoms with Crippen molar-refractivity contribution in [1.82, 2.24) is 0 Å². The molecule has 1 heterocycles. The summed E-state index contributed by atoms with van der Waals surface area (Å²) < 4.78 is 52.2. The van der Waals surface area contributed by atoms with Crippen molar-refractivity contribution >= 4 is 17.5 Å². The average Bonchev–Trinajstić information content (AvgIpc) is 2.92. The maximum atomic E-state index is 14.0. The monoisotopic (exact) mass is 366 g/mol. The van der Waals surface area contributed by atoms with Gasteiger partial charge in [-0.3, -0.25) is 9.59 Å². The van der Waals surface area contributed by atoms with E-state index in [0.717, 1.165) is 17.0 Å². The largest absolute Gasteiger partial charge is 0.416 e. The van der Waals surface area contributed by atoms with E-state index in [1.807, 2.05) is 0 Å². The molecule has 0 aliphatic carbocycles. The van der Waals surface area contributed by atoms with Crippen molar-refractivity contribution in [2.24, 2.45) is 11.7 Å². The minimum Gasteiger partial charge on any atom is -0.369 e. The molecule has 1 fully saturated rings. The number of benzene rings is 2. The fourth-order valence-electron chi connectivity index (χ4n) is 3.16. The lowest BCUT2D eigenvalue weighted by Gasteiger charge is -2.17. The molecule has 3 rings (SSSR count). The zero-order chi connectivity index (χ0) is 19.1. The summed E-state index contributed by atoms with van der Waals surface area (Å²) in [6, 6.07) is 9.73. The number of halogens is 4. The van der Waals surface area contributed by atoms with Crippen molar-refractivity contribution < 1.29 is 27.2 Å². The highest BCUT2D eigenvalue weighted by Gasteiger charge is 2.46. The van der Waals surface area contributed by atoms with Gasteiger partial charge in [-0.05, 0) is 29.8 Å². The molecule has 4 nitrogen and oxygen atoms in total. The highest BCUT2D eigenvalue weighted by atomic mass is 19.4. The lowest BCUT2D eigenvalue weighted by molar-refractivity contribution is -0.137. The summed E-state index contributed by atoms with van der Waals surface area (Å²) in [4.78, 5) is 25.5. The van der Waals surface area contributed by atoms with Crippen LogP contribution in [0.4, 0.5) is 23.2 Å². The second-order valence-electron chi connectivity index (χ2n) is 6.01. The van der Waals surface area contributed by atoms with Gasteiger partial charge in [-0.15, -0.1) is 0 Å². The Bertz CT molecular complexity index is 849. The van der Waals surface area contributed by atoms with Gasteiger partial charge in [0.25, 0.3) is 0 Å². The average molecular weight is 366 g/mol. The molecule has 0 aromatic heterocycles. The van der Waals surface area contributed by atoms with E-state index in [9.17, 15) is 27.2 Å². The number of carbonyl (C=O) groups is 2. The molecule has 136 valence electrons. The van der Waals surface area contributed by atoms with Crippen LogP contribution in [0.1, 0.15) is 17.0 Å². The van der Waals surface area contributed by atoms with Crippen LogP contribution in [0.25, 0.3) is 0 Å². The molecule has 8 heteroatoms. The van der Waals surface area contributed by atoms with Gasteiger partial charge >= 0.3 is 6.18 Å². The zero-order valence-electron chi connectivity index (χ0n) is 13.3. The molecule has 2 aromatic carbocycles. The first-order valence-electron chi connectivity index (χ1n) is 7.72. The van der Waals surface area contributed by atoms with Crippen LogP contribution >= 0.6 is 0 Å². The Hall–Kier alpha value is -2.90. The first-order valence-corrected chi connectivity index (χ1v) is 7.72. The van der Waals surface area contributed by atoms with Gasteiger partial charge in [-0.2, -0.15) is 13.2 Å². The fourth-order valence-corrected chi connectivity index (χ4v) is 3.16. The summed E-state index contributed by atoms with van der Waals surface area (Å²) in [5.74, 6) is -4.25. The number of hydrogen-bond acceptors (Lipinski definition) is 2. The van der Waals surface area contributed by atoms with Crippen LogP contribution in [0.5, 0.6) is 0 Å². The molecule has 2 aromatic rings. The van der Waals surface area contributed by atoms with Gasteiger partial charge in [0.2, 0.25) is 11.8 Å². The van der Waals surface area contributed by atoms with E-state index in [4.69, 9.17) is 5.73 Å². The Morgan fingerprint density at radius 1 is 1.08 bits per heavy atom. The molecular formula is C18H14F4N2O2. The van der Waals surface area contributed by atoms with Crippen LogP contribution in [0, 0.1) is 11.7 Å². The number of nitrogens with zero attached hydrogens (tertiary/aromatic N) is 1. The molecule has 1 saturated heterocycles. The molecule has 1 aliphatic rings. The predicted octanol–water partition coefficient (Wildman–Crippen LogP) is 3.08. The molecule has 2 N–H and O–H groups in total. The first-order chi connectivity index (χ1) is 12.2. The highest BCUT2D eigenvalue weighted by molar-refractivity contribution is 6.10. The molecule has 2 unspecified atom stereocenters. The quantitative estimate of drug-likeness (QED) is 0.670. The number of carbonyl (C=O) groups excluding carboxylic acids is 2. The van der Waals surface area contributed by atoms with Crippen molar-refractivity contribution in [3.05, 3.63) is 65.5 Å². The van der Waals surface area contributed by atoms with E-state index in [1.54, 1.807) is 0 Å². The summed E-state index contributed by atoms with van der Waals surface area (Å²) in [7, 11) is 0. The molecular weight excluding hydrogens is 352 g/mol. The van der Waals surface area contributed by atoms with Crippen LogP contribution in [-0.2, 0) is 15.8 Å². The van der Waals surface area contributed by atoms with Gasteiger partial charge < -0.3 is 10.6 Å². The SMILES string of the molecule is NC(=O)C1C(=O)N(c2ccccc2F)CC1c1ccc(C(F)(F)F)cc1. The van der Waals surface area contributed by atoms with E-state index < -0.39 is 41.2 Å². The van der Waals surface area contributed by atoms with Crippen LogP contribution in [-0.4, -0.2) is 18.4 Å². The molecule has 1 aliphatic heterocycles. The van der Waals surface area contributed by atoms with Crippen molar-refractivity contribution in [3.8, 4) is 0 Å². The van der Waals surface area contributed by atoms with E-state index in [2.05, 4.69) is 0 Å². The third-order valence-electron chi connectivity index (χ3n) is 4.43. The first kappa shape index (κ1) is 17.9. The fraction of sp³-hybridized carbons (Fsp3) is 0.222. The highest BCUT2D eigenvalue weighted by Crippen LogP contribution is 2.38. The van der Waals surface area contributed by atoms with Crippen LogP contribution < -0.4 is 10.6 Å². The third-order valence-corrected chi connectivity index (χ3v) is 4.43. The van der Waals surface area contributed by atoms with E-state index >= 15 is 0 Å². The summed E-state index contributed by atoms with van der Waals surface area (Å²) >= 11 is 0. The lowest BCUT2D eigenvalue weighted by atomic mass is 9.87. The van der Waals surface area contributed by atoms with Crippen molar-refractivity contribution in [2.45, 2.75) is 12.1 Å². The molecule has 0 radical (unpaired) electrons. The third kappa shape index (κ3) is 3.14. The van der Waals surface area contributed by atoms with E-state index in [0.29, 0.717) is 5.56 Å². The summed E-state index contributed by atoms with van der Waals surface area (Å²) in [5, 5.41) is 0. The second-order valence-corrected chi connectivity index (χ2v) is 6.01. The minimum atomic E-state index is -4.49. The Kier molecular flexibility index (Phi) is 4.43. The molecule has 0 spiro atoms. The Balaban J connectivity index is 1.97. The van der Waals surface area contributed by atoms with E-state index in [-0.39, 0.29) is 12.2 Å². The van der Waals surface area contributed by atoms with Crippen molar-refractivity contribution in [2.75, 3.05) is 11.4 Å². The van der Waals surface area contributed by atoms with Crippen LogP contribution in [0.15, 0.2) is 48.5 Å². The predicted molar refractivity (Wildman–Crippen MR) is 85.6 cm³/mol. The second kappa shape index (κ2) is 6.44. The van der Waals surface area contributed by atoms with Crippen LogP contribution in [0.3, 0.4) is 0 Å². The number of amides is 2. The van der Waals surface area contributed by atoms with Gasteiger partial charge in [-0.25, -0.2) is 4.39 Å². The maximum Gasteiger partial charge on any atom is 0.416 e. The van der Waals surface area contributed by atoms with Crippen molar-refractivity contribution in [1.29, 1.82) is 0 Å². The van der Waals surface area contributed by atoms with Crippen LogP contribution in [0.2, 0.25) is 0 Å². The summed E-state index contributed by atoms with van der Waals surface area (Å²) in [6.07, 6.45) is -4.49. The number of hydrogen-bond donors (Lipinski definition) is 1. The standard InChI is InChI=1S/C18H14F4N2O2/c19-13-3-1-2-4-14(13)24-9-12(15(16(23)25)17(24)26)10-5-7-11(8-6-10)18(20,21)22/h1-8,12,15H,9H2,(H2,23,25). The minimum absolute atomic E-state index is 0.00170. The van der Waals surface area contributed by atoms with E-state index in [1.165, 1.54) is 36.4 Å². The molecule has 0 bridgehead atoms. The number of rotatable bonds is 3. The maximum absolute atomic E-state index is 14.0. The molecule has 26 heavy (non-hydrogen) atoms. The number of alkyl halides is 3. The molecule has 2 amide bonds. The topological polar surface area (TPSA) is 63.4 Å². The Morgan fingerprint density at radius 2 is 1.69 bits per heavy atom.